The Morgan fingerprint density at radius 1 is 0.327 bits per heavy atom. The van der Waals surface area contributed by atoms with Crippen molar-refractivity contribution in [3.05, 3.63) is 188 Å². The lowest BCUT2D eigenvalue weighted by Crippen LogP contribution is -2.03. The molecule has 0 bridgehead atoms. The normalized spacial score (nSPS) is 11.9. The van der Waals surface area contributed by atoms with Crippen LogP contribution in [0.25, 0.3) is 83.3 Å². The summed E-state index contributed by atoms with van der Waals surface area (Å²) < 4.78 is 14.8. The zero-order chi connectivity index (χ0) is 36.3. The number of fused-ring (bicyclic) bond motifs is 6. The van der Waals surface area contributed by atoms with E-state index in [-0.39, 0.29) is 0 Å². The fourth-order valence-corrected chi connectivity index (χ4v) is 7.72. The second-order valence-electron chi connectivity index (χ2n) is 13.8. The van der Waals surface area contributed by atoms with Gasteiger partial charge in [-0.3, -0.25) is 4.57 Å². The summed E-state index contributed by atoms with van der Waals surface area (Å²) in [6.45, 7) is 0. The molecule has 0 N–H and O–H groups in total. The van der Waals surface area contributed by atoms with Gasteiger partial charge in [0.25, 0.3) is 0 Å². The number of hydrogen-bond acceptors (Lipinski definition) is 4. The van der Waals surface area contributed by atoms with Crippen molar-refractivity contribution < 1.29 is 9.47 Å². The lowest BCUT2D eigenvalue weighted by Gasteiger charge is -2.22. The van der Waals surface area contributed by atoms with E-state index in [0.717, 1.165) is 88.8 Å². The summed E-state index contributed by atoms with van der Waals surface area (Å²) in [6, 6.07) is 65.0. The highest BCUT2D eigenvalue weighted by Gasteiger charge is 2.21. The first-order chi connectivity index (χ1) is 27.2. The highest BCUT2D eigenvalue weighted by molar-refractivity contribution is 6.10. The topological polar surface area (TPSA) is 49.2 Å². The number of benzene rings is 8. The first-order valence-electron chi connectivity index (χ1n) is 18.4. The van der Waals surface area contributed by atoms with Crippen molar-refractivity contribution in [2.24, 2.45) is 0 Å². The van der Waals surface area contributed by atoms with Crippen LogP contribution in [0.1, 0.15) is 0 Å². The Bertz CT molecular complexity index is 3020. The molecule has 0 fully saturated rings. The summed E-state index contributed by atoms with van der Waals surface area (Å²) >= 11 is 0. The Morgan fingerprint density at radius 3 is 1.47 bits per heavy atom. The number of nitrogens with zero attached hydrogens (tertiary/aromatic N) is 3. The van der Waals surface area contributed by atoms with E-state index in [1.54, 1.807) is 0 Å². The fourth-order valence-electron chi connectivity index (χ4n) is 7.72. The van der Waals surface area contributed by atoms with E-state index < -0.39 is 0 Å². The van der Waals surface area contributed by atoms with Crippen molar-refractivity contribution in [2.75, 3.05) is 0 Å². The zero-order valence-corrected chi connectivity index (χ0v) is 29.6. The Hall–Kier alpha value is -7.50. The second kappa shape index (κ2) is 12.6. The van der Waals surface area contributed by atoms with E-state index in [1.807, 2.05) is 66.7 Å². The Balaban J connectivity index is 0.957. The van der Waals surface area contributed by atoms with Gasteiger partial charge >= 0.3 is 0 Å². The molecular weight excluding hydrogens is 675 g/mol. The highest BCUT2D eigenvalue weighted by Crippen LogP contribution is 2.48. The van der Waals surface area contributed by atoms with Crippen molar-refractivity contribution in [3.63, 3.8) is 0 Å². The molecule has 0 amide bonds. The van der Waals surface area contributed by atoms with Gasteiger partial charge in [-0.05, 0) is 81.6 Å². The van der Waals surface area contributed by atoms with E-state index in [2.05, 4.69) is 126 Å². The van der Waals surface area contributed by atoms with Crippen molar-refractivity contribution in [3.8, 4) is 73.7 Å². The number of para-hydroxylation sites is 1. The summed E-state index contributed by atoms with van der Waals surface area (Å²) in [5, 5.41) is 4.53. The number of rotatable bonds is 5. The molecular formula is C50H31N3O2. The second-order valence-corrected chi connectivity index (χ2v) is 13.8. The molecule has 258 valence electrons. The minimum absolute atomic E-state index is 0.639. The Morgan fingerprint density at radius 2 is 0.818 bits per heavy atom. The molecule has 1 aliphatic rings. The summed E-state index contributed by atoms with van der Waals surface area (Å²) in [6.07, 6.45) is 0. The van der Waals surface area contributed by atoms with Gasteiger partial charge in [0, 0.05) is 21.9 Å². The van der Waals surface area contributed by atoms with E-state index in [0.29, 0.717) is 17.4 Å². The predicted octanol–water partition coefficient (Wildman–Crippen LogP) is 13.3. The van der Waals surface area contributed by atoms with Gasteiger partial charge < -0.3 is 9.47 Å². The molecule has 0 spiro atoms. The van der Waals surface area contributed by atoms with Crippen LogP contribution >= 0.6 is 0 Å². The average molecular weight is 706 g/mol. The fraction of sp³-hybridized carbons (Fsp3) is 0. The van der Waals surface area contributed by atoms with Gasteiger partial charge in [0.1, 0.15) is 0 Å². The molecule has 11 rings (SSSR count). The molecule has 0 saturated heterocycles. The number of ether oxygens (including phenoxy) is 2. The SMILES string of the molecule is c1ccc(-c2cc(-c3ccccc3)nc(-n3c4ccccc4c4cc(-c5ccc(-c6ccc7c(c6)Oc6cc8ccccc8cc6O7)cc5)ccc43)n2)cc1. The van der Waals surface area contributed by atoms with Crippen LogP contribution in [-0.2, 0) is 0 Å². The van der Waals surface area contributed by atoms with E-state index in [9.17, 15) is 0 Å². The van der Waals surface area contributed by atoms with Crippen molar-refractivity contribution in [1.82, 2.24) is 14.5 Å². The molecule has 0 saturated carbocycles. The first-order valence-corrected chi connectivity index (χ1v) is 18.4. The van der Waals surface area contributed by atoms with Crippen LogP contribution in [0.5, 0.6) is 23.0 Å². The van der Waals surface area contributed by atoms with E-state index >= 15 is 0 Å². The van der Waals surface area contributed by atoms with Crippen LogP contribution in [0, 0.1) is 0 Å². The van der Waals surface area contributed by atoms with E-state index in [4.69, 9.17) is 19.4 Å². The van der Waals surface area contributed by atoms with Gasteiger partial charge in [-0.2, -0.15) is 0 Å². The molecule has 3 heterocycles. The van der Waals surface area contributed by atoms with Gasteiger partial charge in [0.15, 0.2) is 23.0 Å². The molecule has 0 unspecified atom stereocenters. The van der Waals surface area contributed by atoms with Gasteiger partial charge in [0.05, 0.1) is 22.4 Å². The van der Waals surface area contributed by atoms with Gasteiger partial charge in [0.2, 0.25) is 5.95 Å². The van der Waals surface area contributed by atoms with Crippen LogP contribution < -0.4 is 9.47 Å². The van der Waals surface area contributed by atoms with Gasteiger partial charge in [-0.15, -0.1) is 0 Å². The predicted molar refractivity (Wildman–Crippen MR) is 222 cm³/mol. The van der Waals surface area contributed by atoms with Crippen LogP contribution in [-0.4, -0.2) is 14.5 Å². The summed E-state index contributed by atoms with van der Waals surface area (Å²) in [5.74, 6) is 3.51. The van der Waals surface area contributed by atoms with Gasteiger partial charge in [-0.1, -0.05) is 140 Å². The number of hydrogen-bond donors (Lipinski definition) is 0. The highest BCUT2D eigenvalue weighted by atomic mass is 16.6. The van der Waals surface area contributed by atoms with Crippen LogP contribution in [0.15, 0.2) is 188 Å². The monoisotopic (exact) mass is 705 g/mol. The minimum atomic E-state index is 0.639. The lowest BCUT2D eigenvalue weighted by molar-refractivity contribution is 0.360. The molecule has 5 heteroatoms. The van der Waals surface area contributed by atoms with Crippen LogP contribution in [0.3, 0.4) is 0 Å². The zero-order valence-electron chi connectivity index (χ0n) is 29.6. The largest absolute Gasteiger partial charge is 0.449 e. The third-order valence-electron chi connectivity index (χ3n) is 10.5. The van der Waals surface area contributed by atoms with E-state index in [1.165, 1.54) is 0 Å². The summed E-state index contributed by atoms with van der Waals surface area (Å²) in [4.78, 5) is 10.4. The number of aromatic nitrogens is 3. The molecule has 1 aliphatic heterocycles. The Labute approximate surface area is 317 Å². The quantitative estimate of drug-likeness (QED) is 0.179. The van der Waals surface area contributed by atoms with Crippen molar-refractivity contribution >= 4 is 32.6 Å². The van der Waals surface area contributed by atoms with Gasteiger partial charge in [-0.25, -0.2) is 9.97 Å². The van der Waals surface area contributed by atoms with Crippen LogP contribution in [0.4, 0.5) is 0 Å². The van der Waals surface area contributed by atoms with Crippen LogP contribution in [0.2, 0.25) is 0 Å². The first kappa shape index (κ1) is 31.1. The maximum atomic E-state index is 6.37. The summed E-state index contributed by atoms with van der Waals surface area (Å²) in [5.41, 5.74) is 10.4. The molecule has 5 nitrogen and oxygen atoms in total. The minimum Gasteiger partial charge on any atom is -0.449 e. The third kappa shape index (κ3) is 5.41. The van der Waals surface area contributed by atoms with Crippen molar-refractivity contribution in [1.29, 1.82) is 0 Å². The molecule has 0 aliphatic carbocycles. The smallest absolute Gasteiger partial charge is 0.235 e. The summed E-state index contributed by atoms with van der Waals surface area (Å²) in [7, 11) is 0. The average Bonchev–Trinajstić information content (AvgIpc) is 3.59. The molecule has 55 heavy (non-hydrogen) atoms. The molecule has 8 aromatic carbocycles. The maximum absolute atomic E-state index is 6.37. The molecule has 0 radical (unpaired) electrons. The molecule has 10 aromatic rings. The standard InChI is InChI=1S/C50H31N3O2/c1-3-11-34(12-4-1)42-31-43(35-13-5-2-6-14-35)52-50(51-42)53-44-18-10-9-17-40(44)41-27-38(23-25-45(41)53)32-19-21-33(22-20-32)39-24-26-46-47(30-39)55-49-29-37-16-8-7-15-36(37)28-48(49)54-46/h1-31H. The van der Waals surface area contributed by atoms with Crippen molar-refractivity contribution in [2.45, 2.75) is 0 Å². The molecule has 0 atom stereocenters. The maximum Gasteiger partial charge on any atom is 0.235 e. The third-order valence-corrected chi connectivity index (χ3v) is 10.5. The lowest BCUT2D eigenvalue weighted by atomic mass is 9.98. The Kier molecular flexibility index (Phi) is 7.10. The molecule has 2 aromatic heterocycles.